The van der Waals surface area contributed by atoms with Gasteiger partial charge in [-0.25, -0.2) is 8.42 Å². The second-order valence-electron chi connectivity index (χ2n) is 6.26. The van der Waals surface area contributed by atoms with Crippen LogP contribution in [0, 0.1) is 11.8 Å². The SMILES string of the molecule is CS(=O)(=O)C1CCCC(C2CCCCC(Cl)C2)C1. The topological polar surface area (TPSA) is 34.1 Å². The molecular weight excluding hydrogens is 268 g/mol. The van der Waals surface area contributed by atoms with E-state index in [0.717, 1.165) is 32.1 Å². The van der Waals surface area contributed by atoms with Crippen LogP contribution in [0.25, 0.3) is 0 Å². The lowest BCUT2D eigenvalue weighted by Gasteiger charge is -2.34. The summed E-state index contributed by atoms with van der Waals surface area (Å²) < 4.78 is 23.4. The van der Waals surface area contributed by atoms with Crippen LogP contribution in [0.3, 0.4) is 0 Å². The fourth-order valence-electron chi connectivity index (χ4n) is 3.76. The first-order valence-electron chi connectivity index (χ1n) is 7.29. The maximum absolute atomic E-state index is 11.7. The molecule has 0 amide bonds. The van der Waals surface area contributed by atoms with E-state index in [2.05, 4.69) is 0 Å². The van der Waals surface area contributed by atoms with Crippen molar-refractivity contribution >= 4 is 21.4 Å². The van der Waals surface area contributed by atoms with Crippen molar-refractivity contribution < 1.29 is 8.42 Å². The molecule has 0 heterocycles. The standard InChI is InChI=1S/C14H25ClO2S/c1-18(16,17)14-8-4-6-12(10-14)11-5-2-3-7-13(15)9-11/h11-14H,2-10H2,1H3. The minimum Gasteiger partial charge on any atom is -0.229 e. The molecular formula is C14H25ClO2S. The molecule has 2 rings (SSSR count). The molecule has 0 bridgehead atoms. The molecule has 0 spiro atoms. The molecule has 2 saturated carbocycles. The van der Waals surface area contributed by atoms with Gasteiger partial charge in [-0.15, -0.1) is 11.6 Å². The molecule has 2 fully saturated rings. The highest BCUT2D eigenvalue weighted by atomic mass is 35.5. The van der Waals surface area contributed by atoms with E-state index in [0.29, 0.717) is 17.2 Å². The average molecular weight is 293 g/mol. The average Bonchev–Trinajstić information content (AvgIpc) is 2.53. The summed E-state index contributed by atoms with van der Waals surface area (Å²) >= 11 is 6.34. The largest absolute Gasteiger partial charge is 0.229 e. The predicted molar refractivity (Wildman–Crippen MR) is 76.8 cm³/mol. The van der Waals surface area contributed by atoms with Crippen LogP contribution >= 0.6 is 11.6 Å². The Kier molecular flexibility index (Phi) is 4.99. The van der Waals surface area contributed by atoms with E-state index in [-0.39, 0.29) is 5.25 Å². The first kappa shape index (κ1) is 14.6. The third-order valence-electron chi connectivity index (χ3n) is 4.84. The minimum atomic E-state index is -2.85. The molecule has 4 unspecified atom stereocenters. The van der Waals surface area contributed by atoms with Crippen molar-refractivity contribution in [3.8, 4) is 0 Å². The maximum atomic E-state index is 11.7. The van der Waals surface area contributed by atoms with Gasteiger partial charge in [-0.3, -0.25) is 0 Å². The van der Waals surface area contributed by atoms with Crippen molar-refractivity contribution in [2.45, 2.75) is 68.4 Å². The van der Waals surface area contributed by atoms with Crippen molar-refractivity contribution in [1.29, 1.82) is 0 Å². The van der Waals surface area contributed by atoms with Gasteiger partial charge in [-0.05, 0) is 37.5 Å². The number of halogens is 1. The Morgan fingerprint density at radius 1 is 0.889 bits per heavy atom. The molecule has 0 aliphatic heterocycles. The smallest absolute Gasteiger partial charge is 0.150 e. The molecule has 106 valence electrons. The van der Waals surface area contributed by atoms with Gasteiger partial charge in [0.1, 0.15) is 9.84 Å². The summed E-state index contributed by atoms with van der Waals surface area (Å²) in [5, 5.41) is 0.226. The first-order chi connectivity index (χ1) is 8.47. The Morgan fingerprint density at radius 3 is 2.22 bits per heavy atom. The zero-order valence-electron chi connectivity index (χ0n) is 11.3. The molecule has 18 heavy (non-hydrogen) atoms. The van der Waals surface area contributed by atoms with Gasteiger partial charge in [0.15, 0.2) is 0 Å². The van der Waals surface area contributed by atoms with E-state index in [4.69, 9.17) is 11.6 Å². The van der Waals surface area contributed by atoms with Crippen LogP contribution in [0.5, 0.6) is 0 Å². The Hall–Kier alpha value is 0.240. The number of rotatable bonds is 2. The molecule has 0 aromatic rings. The molecule has 2 nitrogen and oxygen atoms in total. The number of alkyl halides is 1. The highest BCUT2D eigenvalue weighted by molar-refractivity contribution is 7.91. The van der Waals surface area contributed by atoms with Crippen molar-refractivity contribution in [3.05, 3.63) is 0 Å². The lowest BCUT2D eigenvalue weighted by molar-refractivity contribution is 0.229. The lowest BCUT2D eigenvalue weighted by Crippen LogP contribution is -2.31. The molecule has 2 aliphatic rings. The Bertz CT molecular complexity index is 366. The molecule has 0 N–H and O–H groups in total. The highest BCUT2D eigenvalue weighted by Crippen LogP contribution is 2.40. The summed E-state index contributed by atoms with van der Waals surface area (Å²) in [4.78, 5) is 0. The van der Waals surface area contributed by atoms with Crippen LogP contribution in [0.4, 0.5) is 0 Å². The summed E-state index contributed by atoms with van der Waals surface area (Å²) in [6, 6.07) is 0. The fraction of sp³-hybridized carbons (Fsp3) is 1.00. The maximum Gasteiger partial charge on any atom is 0.150 e. The van der Waals surface area contributed by atoms with E-state index < -0.39 is 9.84 Å². The summed E-state index contributed by atoms with van der Waals surface area (Å²) in [6.45, 7) is 0. The zero-order chi connectivity index (χ0) is 13.2. The second kappa shape index (κ2) is 6.13. The van der Waals surface area contributed by atoms with E-state index in [1.165, 1.54) is 31.9 Å². The van der Waals surface area contributed by atoms with Gasteiger partial charge in [0, 0.05) is 11.6 Å². The van der Waals surface area contributed by atoms with Crippen molar-refractivity contribution in [2.24, 2.45) is 11.8 Å². The number of hydrogen-bond acceptors (Lipinski definition) is 2. The summed E-state index contributed by atoms with van der Waals surface area (Å²) in [7, 11) is -2.85. The quantitative estimate of drug-likeness (QED) is 0.573. The second-order valence-corrected chi connectivity index (χ2v) is 9.20. The molecule has 0 aromatic carbocycles. The zero-order valence-corrected chi connectivity index (χ0v) is 12.8. The van der Waals surface area contributed by atoms with Crippen LogP contribution < -0.4 is 0 Å². The Balaban J connectivity index is 1.99. The lowest BCUT2D eigenvalue weighted by atomic mass is 9.76. The molecule has 2 aliphatic carbocycles. The number of sulfone groups is 1. The van der Waals surface area contributed by atoms with Crippen molar-refractivity contribution in [2.75, 3.05) is 6.26 Å². The van der Waals surface area contributed by atoms with Gasteiger partial charge in [0.2, 0.25) is 0 Å². The molecule has 0 aromatic heterocycles. The Labute approximate surface area is 116 Å². The van der Waals surface area contributed by atoms with E-state index in [9.17, 15) is 8.42 Å². The summed E-state index contributed by atoms with van der Waals surface area (Å²) in [5.41, 5.74) is 0. The summed E-state index contributed by atoms with van der Waals surface area (Å²) in [6.07, 6.45) is 11.4. The van der Waals surface area contributed by atoms with E-state index in [1.807, 2.05) is 0 Å². The molecule has 4 atom stereocenters. The minimum absolute atomic E-state index is 0.0896. The monoisotopic (exact) mass is 292 g/mol. The molecule has 0 saturated heterocycles. The van der Waals surface area contributed by atoms with Crippen molar-refractivity contribution in [1.82, 2.24) is 0 Å². The highest BCUT2D eigenvalue weighted by Gasteiger charge is 2.34. The van der Waals surface area contributed by atoms with Crippen LogP contribution in [0.15, 0.2) is 0 Å². The molecule has 4 heteroatoms. The van der Waals surface area contributed by atoms with Gasteiger partial charge in [0.25, 0.3) is 0 Å². The predicted octanol–water partition coefficient (Wildman–Crippen LogP) is 3.78. The van der Waals surface area contributed by atoms with Gasteiger partial charge in [-0.1, -0.05) is 32.1 Å². The normalized spacial score (nSPS) is 39.2. The van der Waals surface area contributed by atoms with Crippen molar-refractivity contribution in [3.63, 3.8) is 0 Å². The van der Waals surface area contributed by atoms with E-state index in [1.54, 1.807) is 0 Å². The van der Waals surface area contributed by atoms with Gasteiger partial charge >= 0.3 is 0 Å². The van der Waals surface area contributed by atoms with Crippen LogP contribution in [-0.4, -0.2) is 25.3 Å². The first-order valence-corrected chi connectivity index (χ1v) is 9.69. The van der Waals surface area contributed by atoms with Crippen LogP contribution in [0.2, 0.25) is 0 Å². The van der Waals surface area contributed by atoms with Crippen LogP contribution in [0.1, 0.15) is 57.8 Å². The third kappa shape index (κ3) is 3.86. The third-order valence-corrected chi connectivity index (χ3v) is 6.88. The van der Waals surface area contributed by atoms with Gasteiger partial charge in [-0.2, -0.15) is 0 Å². The van der Waals surface area contributed by atoms with Gasteiger partial charge in [0.05, 0.1) is 5.25 Å². The van der Waals surface area contributed by atoms with Crippen LogP contribution in [-0.2, 0) is 9.84 Å². The fourth-order valence-corrected chi connectivity index (χ4v) is 5.34. The Morgan fingerprint density at radius 2 is 1.50 bits per heavy atom. The molecule has 0 radical (unpaired) electrons. The summed E-state index contributed by atoms with van der Waals surface area (Å²) in [5.74, 6) is 1.26. The van der Waals surface area contributed by atoms with E-state index >= 15 is 0 Å². The van der Waals surface area contributed by atoms with Gasteiger partial charge < -0.3 is 0 Å². The number of hydrogen-bond donors (Lipinski definition) is 0.